The summed E-state index contributed by atoms with van der Waals surface area (Å²) in [6.07, 6.45) is 1.46. The van der Waals surface area contributed by atoms with Crippen LogP contribution in [0.1, 0.15) is 32.3 Å². The van der Waals surface area contributed by atoms with Crippen molar-refractivity contribution in [2.75, 3.05) is 6.54 Å². The van der Waals surface area contributed by atoms with Crippen LogP contribution in [0.3, 0.4) is 0 Å². The lowest BCUT2D eigenvalue weighted by atomic mass is 9.96. The van der Waals surface area contributed by atoms with Gasteiger partial charge in [-0.05, 0) is 17.5 Å². The third-order valence-electron chi connectivity index (χ3n) is 5.72. The van der Waals surface area contributed by atoms with Gasteiger partial charge in [-0.15, -0.1) is 0 Å². The second-order valence-corrected chi connectivity index (χ2v) is 8.26. The molecule has 0 aliphatic heterocycles. The topological polar surface area (TPSA) is 204 Å². The summed E-state index contributed by atoms with van der Waals surface area (Å²) in [6.45, 7) is 3.12. The van der Waals surface area contributed by atoms with Gasteiger partial charge in [-0.25, -0.2) is 4.79 Å². The maximum atomic E-state index is 13.2. The summed E-state index contributed by atoms with van der Waals surface area (Å²) in [5, 5.41) is 26.4. The highest BCUT2D eigenvalue weighted by atomic mass is 16.4. The summed E-state index contributed by atoms with van der Waals surface area (Å²) in [5.41, 5.74) is 7.02. The van der Waals surface area contributed by atoms with Gasteiger partial charge in [-0.2, -0.15) is 0 Å². The number of amides is 3. The van der Waals surface area contributed by atoms with Crippen LogP contribution in [-0.4, -0.2) is 69.5 Å². The number of rotatable bonds is 13. The zero-order valence-corrected chi connectivity index (χ0v) is 19.5. The van der Waals surface area contributed by atoms with Gasteiger partial charge in [0, 0.05) is 23.5 Å². The molecule has 12 nitrogen and oxygen atoms in total. The Morgan fingerprint density at radius 3 is 2.29 bits per heavy atom. The molecule has 8 N–H and O–H groups in total. The fourth-order valence-electron chi connectivity index (χ4n) is 3.57. The van der Waals surface area contributed by atoms with E-state index in [1.807, 2.05) is 24.3 Å². The molecule has 0 saturated heterocycles. The molecule has 1 aromatic carbocycles. The minimum absolute atomic E-state index is 0.104. The van der Waals surface area contributed by atoms with Crippen LogP contribution in [0.5, 0.6) is 0 Å². The van der Waals surface area contributed by atoms with Crippen LogP contribution < -0.4 is 21.7 Å². The van der Waals surface area contributed by atoms with Crippen LogP contribution in [0, 0.1) is 5.92 Å². The molecule has 35 heavy (non-hydrogen) atoms. The molecule has 2 rings (SSSR count). The van der Waals surface area contributed by atoms with Gasteiger partial charge in [0.1, 0.15) is 18.1 Å². The van der Waals surface area contributed by atoms with Crippen molar-refractivity contribution in [3.63, 3.8) is 0 Å². The van der Waals surface area contributed by atoms with E-state index in [2.05, 4.69) is 20.9 Å². The van der Waals surface area contributed by atoms with Crippen LogP contribution in [0.2, 0.25) is 0 Å². The Morgan fingerprint density at radius 1 is 1.00 bits per heavy atom. The van der Waals surface area contributed by atoms with E-state index in [1.165, 1.54) is 0 Å². The summed E-state index contributed by atoms with van der Waals surface area (Å²) in [6, 6.07) is 3.53. The van der Waals surface area contributed by atoms with Crippen molar-refractivity contribution in [3.8, 4) is 0 Å². The lowest BCUT2D eigenvalue weighted by Gasteiger charge is -2.27. The number of nitrogens with two attached hydrogens (primary N) is 1. The SMILES string of the molecule is CCC(C)C(NC(=O)C(Cc1c[nH]c2ccccc12)NC(=O)CN)C(=O)NC(CC(=O)O)C(=O)O. The number of carbonyl (C=O) groups is 5. The maximum absolute atomic E-state index is 13.2. The predicted octanol–water partition coefficient (Wildman–Crippen LogP) is -0.271. The van der Waals surface area contributed by atoms with Gasteiger partial charge >= 0.3 is 11.9 Å². The zero-order valence-electron chi connectivity index (χ0n) is 19.5. The number of fused-ring (bicyclic) bond motifs is 1. The average Bonchev–Trinajstić information content (AvgIpc) is 3.23. The third-order valence-corrected chi connectivity index (χ3v) is 5.72. The molecule has 0 aliphatic carbocycles. The molecule has 4 atom stereocenters. The molecule has 0 aliphatic rings. The van der Waals surface area contributed by atoms with E-state index in [9.17, 15) is 29.1 Å². The Labute approximate surface area is 201 Å². The van der Waals surface area contributed by atoms with Crippen molar-refractivity contribution >= 4 is 40.6 Å². The number of hydrogen-bond donors (Lipinski definition) is 7. The molecule has 0 radical (unpaired) electrons. The second kappa shape index (κ2) is 12.5. The first-order valence-electron chi connectivity index (χ1n) is 11.2. The standard InChI is InChI=1S/C23H31N5O7/c1-3-12(2)20(22(33)27-17(23(34)35)9-19(30)31)28-21(32)16(26-18(29)10-24)8-13-11-25-15-7-5-4-6-14(13)15/h4-7,11-12,16-17,20,25H,3,8-10,24H2,1-2H3,(H,26,29)(H,27,33)(H,28,32)(H,30,31)(H,34,35). The number of aliphatic carboxylic acids is 2. The minimum atomic E-state index is -1.66. The number of H-pyrrole nitrogens is 1. The summed E-state index contributed by atoms with van der Waals surface area (Å²) >= 11 is 0. The summed E-state index contributed by atoms with van der Waals surface area (Å²) < 4.78 is 0. The van der Waals surface area contributed by atoms with Crippen LogP contribution in [0.4, 0.5) is 0 Å². The number of benzene rings is 1. The van der Waals surface area contributed by atoms with Crippen molar-refractivity contribution < 1.29 is 34.2 Å². The van der Waals surface area contributed by atoms with Gasteiger partial charge in [0.05, 0.1) is 13.0 Å². The van der Waals surface area contributed by atoms with E-state index >= 15 is 0 Å². The average molecular weight is 490 g/mol. The zero-order chi connectivity index (χ0) is 26.1. The second-order valence-electron chi connectivity index (χ2n) is 8.26. The first kappa shape index (κ1) is 27.3. The van der Waals surface area contributed by atoms with Crippen molar-refractivity contribution in [1.82, 2.24) is 20.9 Å². The molecule has 12 heteroatoms. The highest BCUT2D eigenvalue weighted by Crippen LogP contribution is 2.19. The molecule has 0 spiro atoms. The quantitative estimate of drug-likeness (QED) is 0.199. The Hall–Kier alpha value is -3.93. The van der Waals surface area contributed by atoms with Gasteiger partial charge < -0.3 is 36.9 Å². The van der Waals surface area contributed by atoms with Crippen molar-refractivity contribution in [2.24, 2.45) is 11.7 Å². The Balaban J connectivity index is 2.26. The molecule has 0 saturated carbocycles. The molecular weight excluding hydrogens is 458 g/mol. The monoisotopic (exact) mass is 489 g/mol. The molecule has 190 valence electrons. The van der Waals surface area contributed by atoms with Crippen LogP contribution in [0.25, 0.3) is 10.9 Å². The number of carboxylic acid groups (broad SMARTS) is 2. The van der Waals surface area contributed by atoms with Crippen molar-refractivity contribution in [2.45, 2.75) is 51.2 Å². The number of nitrogens with one attached hydrogen (secondary N) is 4. The van der Waals surface area contributed by atoms with E-state index < -0.39 is 60.1 Å². The van der Waals surface area contributed by atoms with Gasteiger partial charge in [0.15, 0.2) is 0 Å². The number of aromatic nitrogens is 1. The number of aromatic amines is 1. The molecule has 1 heterocycles. The van der Waals surface area contributed by atoms with Crippen LogP contribution in [-0.2, 0) is 30.4 Å². The van der Waals surface area contributed by atoms with Crippen LogP contribution in [0.15, 0.2) is 30.5 Å². The predicted molar refractivity (Wildman–Crippen MR) is 126 cm³/mol. The smallest absolute Gasteiger partial charge is 0.326 e. The number of carboxylic acids is 2. The third kappa shape index (κ3) is 7.54. The molecule has 3 amide bonds. The molecule has 0 bridgehead atoms. The fourth-order valence-corrected chi connectivity index (χ4v) is 3.57. The van der Waals surface area contributed by atoms with Gasteiger partial charge in [0.2, 0.25) is 17.7 Å². The summed E-state index contributed by atoms with van der Waals surface area (Å²) in [7, 11) is 0. The van der Waals surface area contributed by atoms with Crippen molar-refractivity contribution in [3.05, 3.63) is 36.0 Å². The molecule has 1 aromatic heterocycles. The van der Waals surface area contributed by atoms with E-state index in [-0.39, 0.29) is 13.0 Å². The highest BCUT2D eigenvalue weighted by Gasteiger charge is 2.33. The largest absolute Gasteiger partial charge is 0.481 e. The first-order chi connectivity index (χ1) is 16.6. The summed E-state index contributed by atoms with van der Waals surface area (Å²) in [5.74, 6) is -5.40. The molecular formula is C23H31N5O7. The fraction of sp³-hybridized carbons (Fsp3) is 0.435. The van der Waals surface area contributed by atoms with E-state index in [0.29, 0.717) is 6.42 Å². The Morgan fingerprint density at radius 2 is 1.69 bits per heavy atom. The van der Waals surface area contributed by atoms with E-state index in [4.69, 9.17) is 10.8 Å². The lowest BCUT2D eigenvalue weighted by Crippen LogP contribution is -2.58. The lowest BCUT2D eigenvalue weighted by molar-refractivity contribution is -0.147. The van der Waals surface area contributed by atoms with Crippen LogP contribution >= 0.6 is 0 Å². The van der Waals surface area contributed by atoms with E-state index in [1.54, 1.807) is 20.0 Å². The number of para-hydroxylation sites is 1. The summed E-state index contributed by atoms with van der Waals surface area (Å²) in [4.78, 5) is 63.6. The molecule has 2 aromatic rings. The Kier molecular flexibility index (Phi) is 9.76. The highest BCUT2D eigenvalue weighted by molar-refractivity contribution is 5.95. The minimum Gasteiger partial charge on any atom is -0.481 e. The van der Waals surface area contributed by atoms with Gasteiger partial charge in [-0.1, -0.05) is 38.5 Å². The maximum Gasteiger partial charge on any atom is 0.326 e. The first-order valence-corrected chi connectivity index (χ1v) is 11.2. The van der Waals surface area contributed by atoms with Gasteiger partial charge in [-0.3, -0.25) is 19.2 Å². The molecule has 4 unspecified atom stereocenters. The Bertz CT molecular complexity index is 1080. The van der Waals surface area contributed by atoms with Crippen molar-refractivity contribution in [1.29, 1.82) is 0 Å². The normalized spacial score (nSPS) is 14.4. The van der Waals surface area contributed by atoms with E-state index in [0.717, 1.165) is 16.5 Å². The number of hydrogen-bond acceptors (Lipinski definition) is 6. The molecule has 0 fully saturated rings. The number of carbonyl (C=O) groups excluding carboxylic acids is 3. The van der Waals surface area contributed by atoms with Gasteiger partial charge in [0.25, 0.3) is 0 Å².